The smallest absolute Gasteiger partial charge is 0.336 e. The summed E-state index contributed by atoms with van der Waals surface area (Å²) in [6.07, 6.45) is -1.97. The molecule has 0 aromatic rings. The predicted molar refractivity (Wildman–Crippen MR) is 112 cm³/mol. The van der Waals surface area contributed by atoms with E-state index in [1.165, 1.54) is 5.06 Å². The molecular weight excluding hydrogens is 448 g/mol. The third-order valence-corrected chi connectivity index (χ3v) is 5.90. The van der Waals surface area contributed by atoms with E-state index < -0.39 is 61.7 Å². The number of hydrogen-bond donors (Lipinski definition) is 10. The van der Waals surface area contributed by atoms with Gasteiger partial charge < -0.3 is 51.8 Å². The van der Waals surface area contributed by atoms with Crippen LogP contribution in [0.5, 0.6) is 0 Å². The fourth-order valence-electron chi connectivity index (χ4n) is 2.49. The number of carboxylic acids is 3. The number of carboxylic acid groups (broad SMARTS) is 3. The molecule has 1 aliphatic rings. The van der Waals surface area contributed by atoms with Crippen LogP contribution in [0.1, 0.15) is 47.0 Å². The minimum absolute atomic E-state index is 0.264. The zero-order valence-corrected chi connectivity index (χ0v) is 19.3. The number of rotatable bonds is 8. The molecule has 0 amide bonds. The van der Waals surface area contributed by atoms with Crippen molar-refractivity contribution >= 4 is 17.9 Å². The summed E-state index contributed by atoms with van der Waals surface area (Å²) in [5.74, 6) is -5.02. The molecule has 1 aliphatic heterocycles. The molecule has 0 aromatic carbocycles. The standard InChI is InChI=1S/C9H19NO2.C6H8O7.C4H11NO3/c1-8(2)7(11)5-6-10(12)9(8,3)4;7-3(8)1-6(13,5(11)12)2-4(9)10;5-4(1-6,2-7)3-8/h7,11-12H,5-6H2,1-4H3;13H,1-2H2,(H,7,8)(H,9,10)(H,11,12);6-8H,1-3,5H2. The average Bonchev–Trinajstić information content (AvgIpc) is 2.69. The molecule has 14 heteroatoms. The minimum Gasteiger partial charge on any atom is -0.481 e. The van der Waals surface area contributed by atoms with Crippen LogP contribution < -0.4 is 5.73 Å². The number of aliphatic carboxylic acids is 3. The van der Waals surface area contributed by atoms with Crippen molar-refractivity contribution in [3.63, 3.8) is 0 Å². The summed E-state index contributed by atoms with van der Waals surface area (Å²) in [5, 5.41) is 79.5. The van der Waals surface area contributed by atoms with Gasteiger partial charge in [-0.3, -0.25) is 9.59 Å². The van der Waals surface area contributed by atoms with Crippen LogP contribution in [0.3, 0.4) is 0 Å². The fraction of sp³-hybridized carbons (Fsp3) is 0.842. The molecule has 196 valence electrons. The zero-order chi connectivity index (χ0) is 26.8. The van der Waals surface area contributed by atoms with Gasteiger partial charge in [-0.25, -0.2) is 4.79 Å². The average molecular weight is 487 g/mol. The van der Waals surface area contributed by atoms with Gasteiger partial charge in [0.1, 0.15) is 0 Å². The van der Waals surface area contributed by atoms with Crippen LogP contribution in [-0.4, -0.2) is 118 Å². The number of nitrogens with two attached hydrogens (primary N) is 1. The van der Waals surface area contributed by atoms with Crippen molar-refractivity contribution in [2.75, 3.05) is 26.4 Å². The van der Waals surface area contributed by atoms with Crippen LogP contribution in [0, 0.1) is 5.41 Å². The first-order chi connectivity index (χ1) is 14.8. The van der Waals surface area contributed by atoms with Crippen LogP contribution in [0.15, 0.2) is 0 Å². The van der Waals surface area contributed by atoms with Crippen molar-refractivity contribution in [2.45, 2.75) is 69.7 Å². The molecule has 0 aliphatic carbocycles. The molecule has 1 saturated heterocycles. The molecule has 0 aromatic heterocycles. The normalized spacial score (nSPS) is 19.9. The predicted octanol–water partition coefficient (Wildman–Crippen LogP) is -2.34. The summed E-state index contributed by atoms with van der Waals surface area (Å²) in [7, 11) is 0. The Kier molecular flexibility index (Phi) is 13.2. The summed E-state index contributed by atoms with van der Waals surface area (Å²) in [6.45, 7) is 7.22. The highest BCUT2D eigenvalue weighted by Crippen LogP contribution is 2.42. The molecule has 1 rings (SSSR count). The number of aliphatic hydroxyl groups is 5. The van der Waals surface area contributed by atoms with E-state index in [1.54, 1.807) is 0 Å². The van der Waals surface area contributed by atoms with E-state index in [4.69, 9.17) is 41.5 Å². The van der Waals surface area contributed by atoms with Gasteiger partial charge in [0.2, 0.25) is 0 Å². The Morgan fingerprint density at radius 1 is 0.939 bits per heavy atom. The lowest BCUT2D eigenvalue weighted by molar-refractivity contribution is -0.245. The summed E-state index contributed by atoms with van der Waals surface area (Å²) < 4.78 is 0. The molecule has 1 heterocycles. The molecule has 1 unspecified atom stereocenters. The maximum absolute atomic E-state index is 10.3. The van der Waals surface area contributed by atoms with E-state index in [0.29, 0.717) is 13.0 Å². The first-order valence-corrected chi connectivity index (χ1v) is 9.91. The van der Waals surface area contributed by atoms with Crippen LogP contribution >= 0.6 is 0 Å². The van der Waals surface area contributed by atoms with Crippen molar-refractivity contribution in [1.29, 1.82) is 0 Å². The highest BCUT2D eigenvalue weighted by atomic mass is 16.5. The molecule has 1 atom stereocenters. The summed E-state index contributed by atoms with van der Waals surface area (Å²) in [6, 6.07) is 0. The third-order valence-electron chi connectivity index (χ3n) is 5.90. The number of hydroxylamine groups is 2. The molecule has 0 saturated carbocycles. The Bertz CT molecular complexity index is 604. The summed E-state index contributed by atoms with van der Waals surface area (Å²) in [5.41, 5.74) is 0.579. The van der Waals surface area contributed by atoms with Crippen molar-refractivity contribution in [3.05, 3.63) is 0 Å². The Morgan fingerprint density at radius 3 is 1.52 bits per heavy atom. The minimum atomic E-state index is -2.74. The fourth-order valence-corrected chi connectivity index (χ4v) is 2.49. The van der Waals surface area contributed by atoms with Crippen LogP contribution in [0.25, 0.3) is 0 Å². The van der Waals surface area contributed by atoms with E-state index in [0.717, 1.165) is 0 Å². The zero-order valence-electron chi connectivity index (χ0n) is 19.3. The first-order valence-electron chi connectivity index (χ1n) is 9.91. The van der Waals surface area contributed by atoms with Crippen molar-refractivity contribution < 1.29 is 60.4 Å². The lowest BCUT2D eigenvalue weighted by Gasteiger charge is -2.52. The molecule has 0 spiro atoms. The van der Waals surface area contributed by atoms with E-state index in [9.17, 15) is 24.7 Å². The molecular formula is C19H38N2O12. The number of nitrogens with zero attached hydrogens (tertiary/aromatic N) is 1. The highest BCUT2D eigenvalue weighted by molar-refractivity contribution is 5.88. The van der Waals surface area contributed by atoms with E-state index in [2.05, 4.69) is 0 Å². The Morgan fingerprint density at radius 2 is 1.30 bits per heavy atom. The quantitative estimate of drug-likeness (QED) is 0.172. The number of carbonyl (C=O) groups is 3. The van der Waals surface area contributed by atoms with Gasteiger partial charge in [-0.2, -0.15) is 5.06 Å². The van der Waals surface area contributed by atoms with Crippen LogP contribution in [0.2, 0.25) is 0 Å². The van der Waals surface area contributed by atoms with Crippen molar-refractivity contribution in [2.24, 2.45) is 11.1 Å². The van der Waals surface area contributed by atoms with Gasteiger partial charge in [0, 0.05) is 17.5 Å². The SMILES string of the molecule is CC1(C)C(O)CCN(O)C1(C)C.NC(CO)(CO)CO.O=C(O)CC(O)(CC(=O)O)C(=O)O. The highest BCUT2D eigenvalue weighted by Gasteiger charge is 2.49. The Hall–Kier alpha value is -1.91. The van der Waals surface area contributed by atoms with Gasteiger partial charge in [-0.05, 0) is 20.3 Å². The largest absolute Gasteiger partial charge is 0.481 e. The molecule has 14 nitrogen and oxygen atoms in total. The van der Waals surface area contributed by atoms with E-state index >= 15 is 0 Å². The van der Waals surface area contributed by atoms with Crippen molar-refractivity contribution in [1.82, 2.24) is 5.06 Å². The molecule has 0 radical (unpaired) electrons. The second-order valence-electron chi connectivity index (χ2n) is 9.02. The first kappa shape index (κ1) is 33.3. The molecule has 11 N–H and O–H groups in total. The Balaban J connectivity index is 0. The number of aliphatic hydroxyl groups excluding tert-OH is 4. The van der Waals surface area contributed by atoms with Gasteiger partial charge in [0.05, 0.1) is 44.3 Å². The summed E-state index contributed by atoms with van der Waals surface area (Å²) in [4.78, 5) is 30.5. The maximum atomic E-state index is 10.3. The van der Waals surface area contributed by atoms with E-state index in [-0.39, 0.29) is 17.1 Å². The number of piperidine rings is 1. The second kappa shape index (κ2) is 13.1. The lowest BCUT2D eigenvalue weighted by Crippen LogP contribution is -2.61. The molecule has 0 bridgehead atoms. The van der Waals surface area contributed by atoms with Crippen LogP contribution in [-0.2, 0) is 14.4 Å². The van der Waals surface area contributed by atoms with Gasteiger partial charge in [0.15, 0.2) is 5.60 Å². The van der Waals surface area contributed by atoms with Gasteiger partial charge >= 0.3 is 17.9 Å². The van der Waals surface area contributed by atoms with Gasteiger partial charge in [-0.1, -0.05) is 13.8 Å². The van der Waals surface area contributed by atoms with Crippen LogP contribution in [0.4, 0.5) is 0 Å². The second-order valence-corrected chi connectivity index (χ2v) is 9.02. The number of hydrogen-bond acceptors (Lipinski definition) is 11. The van der Waals surface area contributed by atoms with Crippen molar-refractivity contribution in [3.8, 4) is 0 Å². The molecule has 1 fully saturated rings. The lowest BCUT2D eigenvalue weighted by atomic mass is 9.67. The van der Waals surface area contributed by atoms with Gasteiger partial charge in [-0.15, -0.1) is 0 Å². The topological polar surface area (TPSA) is 263 Å². The van der Waals surface area contributed by atoms with E-state index in [1.807, 2.05) is 27.7 Å². The summed E-state index contributed by atoms with van der Waals surface area (Å²) >= 11 is 0. The Labute approximate surface area is 191 Å². The monoisotopic (exact) mass is 486 g/mol. The molecule has 33 heavy (non-hydrogen) atoms. The maximum Gasteiger partial charge on any atom is 0.336 e. The van der Waals surface area contributed by atoms with Gasteiger partial charge in [0.25, 0.3) is 0 Å². The third kappa shape index (κ3) is 9.85.